The summed E-state index contributed by atoms with van der Waals surface area (Å²) in [6.07, 6.45) is 1.66. The summed E-state index contributed by atoms with van der Waals surface area (Å²) in [5.41, 5.74) is -2.43. The lowest BCUT2D eigenvalue weighted by molar-refractivity contribution is -0.0214. The number of halogens is 2. The van der Waals surface area contributed by atoms with Crippen LogP contribution in [0.3, 0.4) is 0 Å². The van der Waals surface area contributed by atoms with Gasteiger partial charge in [0.2, 0.25) is 9.84 Å². The highest BCUT2D eigenvalue weighted by molar-refractivity contribution is 7.91. The van der Waals surface area contributed by atoms with Crippen molar-refractivity contribution in [3.8, 4) is 0 Å². The fraction of sp³-hybridized carbons (Fsp3) is 0.158. The molecule has 2 aromatic carbocycles. The first-order valence-corrected chi connectivity index (χ1v) is 10.9. The van der Waals surface area contributed by atoms with E-state index in [4.69, 9.17) is 16.3 Å². The Morgan fingerprint density at radius 3 is 2.61 bits per heavy atom. The molecule has 1 fully saturated rings. The van der Waals surface area contributed by atoms with E-state index in [9.17, 15) is 27.6 Å². The number of ether oxygens (including phenoxy) is 1. The predicted molar refractivity (Wildman–Crippen MR) is 108 cm³/mol. The van der Waals surface area contributed by atoms with Crippen molar-refractivity contribution >= 4 is 43.2 Å². The van der Waals surface area contributed by atoms with E-state index in [1.165, 1.54) is 6.07 Å². The second-order valence-electron chi connectivity index (χ2n) is 7.10. The summed E-state index contributed by atoms with van der Waals surface area (Å²) in [5, 5.41) is 9.27. The Labute approximate surface area is 177 Å². The number of fused-ring (bicyclic) bond motifs is 2. The largest absolute Gasteiger partial charge is 0.421 e. The van der Waals surface area contributed by atoms with Crippen LogP contribution < -0.4 is 11.2 Å². The van der Waals surface area contributed by atoms with Crippen molar-refractivity contribution in [2.24, 2.45) is 0 Å². The van der Waals surface area contributed by atoms with Gasteiger partial charge in [0, 0.05) is 11.6 Å². The lowest BCUT2D eigenvalue weighted by atomic mass is 10.2. The molecular weight excluding hydrogens is 453 g/mol. The minimum atomic E-state index is -4.39. The summed E-state index contributed by atoms with van der Waals surface area (Å²) in [4.78, 5) is 25.5. The highest BCUT2D eigenvalue weighted by atomic mass is 35.5. The predicted octanol–water partition coefficient (Wildman–Crippen LogP) is 2.08. The number of aromatic nitrogens is 3. The van der Waals surface area contributed by atoms with Crippen LogP contribution >= 0.6 is 11.6 Å². The van der Waals surface area contributed by atoms with Gasteiger partial charge in [0.25, 0.3) is 5.56 Å². The smallest absolute Gasteiger partial charge is 0.362 e. The van der Waals surface area contributed by atoms with Gasteiger partial charge >= 0.3 is 5.69 Å². The zero-order valence-corrected chi connectivity index (χ0v) is 17.1. The molecule has 1 aliphatic heterocycles. The van der Waals surface area contributed by atoms with Gasteiger partial charge in [-0.25, -0.2) is 17.6 Å². The molecule has 3 heterocycles. The molecule has 4 aromatic rings. The highest BCUT2D eigenvalue weighted by Gasteiger charge is 2.28. The molecule has 0 bridgehead atoms. The fourth-order valence-corrected chi connectivity index (χ4v) is 5.34. The average Bonchev–Trinajstić information content (AvgIpc) is 3.09. The number of aromatic amines is 1. The molecule has 0 unspecified atom stereocenters. The van der Waals surface area contributed by atoms with Crippen molar-refractivity contribution in [1.29, 1.82) is 0 Å². The molecular formula is C19H13ClFN3O6S. The van der Waals surface area contributed by atoms with Crippen LogP contribution in [0.15, 0.2) is 55.9 Å². The lowest BCUT2D eigenvalue weighted by Gasteiger charge is -2.28. The lowest BCUT2D eigenvalue weighted by Crippen LogP contribution is -2.33. The van der Waals surface area contributed by atoms with Crippen molar-refractivity contribution in [2.75, 3.05) is 13.2 Å². The molecule has 160 valence electrons. The second kappa shape index (κ2) is 6.67. The molecule has 31 heavy (non-hydrogen) atoms. The molecule has 1 saturated heterocycles. The molecule has 1 aliphatic rings. The van der Waals surface area contributed by atoms with E-state index in [2.05, 4.69) is 4.98 Å². The summed E-state index contributed by atoms with van der Waals surface area (Å²) in [5.74, 6) is -0.737. The van der Waals surface area contributed by atoms with Crippen LogP contribution in [0.2, 0.25) is 5.02 Å². The van der Waals surface area contributed by atoms with Crippen LogP contribution in [0.1, 0.15) is 6.04 Å². The minimum Gasteiger partial charge on any atom is -0.421 e. The maximum atomic E-state index is 14.8. The molecule has 2 aromatic heterocycles. The zero-order chi connectivity index (χ0) is 22.1. The minimum absolute atomic E-state index is 0.0365. The maximum absolute atomic E-state index is 14.8. The molecule has 0 atom stereocenters. The van der Waals surface area contributed by atoms with E-state index >= 15 is 0 Å². The van der Waals surface area contributed by atoms with E-state index in [1.54, 1.807) is 16.8 Å². The van der Waals surface area contributed by atoms with Crippen molar-refractivity contribution in [3.05, 3.63) is 68.2 Å². The number of hydrogen-bond acceptors (Lipinski definition) is 6. The second-order valence-corrected chi connectivity index (χ2v) is 9.42. The summed E-state index contributed by atoms with van der Waals surface area (Å²) in [7, 11) is -4.39. The molecule has 0 radical (unpaired) electrons. The van der Waals surface area contributed by atoms with Gasteiger partial charge < -0.3 is 19.5 Å². The Morgan fingerprint density at radius 2 is 1.94 bits per heavy atom. The Kier molecular flexibility index (Phi) is 4.26. The van der Waals surface area contributed by atoms with Crippen LogP contribution in [0.4, 0.5) is 4.39 Å². The monoisotopic (exact) mass is 465 g/mol. The third-order valence-corrected chi connectivity index (χ3v) is 7.41. The Hall–Kier alpha value is -3.15. The summed E-state index contributed by atoms with van der Waals surface area (Å²) >= 11 is 6.00. The van der Waals surface area contributed by atoms with Crippen LogP contribution in [0.25, 0.3) is 21.8 Å². The van der Waals surface area contributed by atoms with E-state index in [-0.39, 0.29) is 37.0 Å². The van der Waals surface area contributed by atoms with Crippen LogP contribution in [-0.4, -0.2) is 41.1 Å². The fourth-order valence-electron chi connectivity index (χ4n) is 3.65. The zero-order valence-electron chi connectivity index (χ0n) is 15.5. The van der Waals surface area contributed by atoms with Gasteiger partial charge in [0.1, 0.15) is 5.82 Å². The molecule has 0 spiro atoms. The highest BCUT2D eigenvalue weighted by Crippen LogP contribution is 2.33. The first-order chi connectivity index (χ1) is 14.7. The number of nitrogens with zero attached hydrogens (tertiary/aromatic N) is 2. The Balaban J connectivity index is 1.80. The average molecular weight is 466 g/mol. The molecule has 0 saturated carbocycles. The van der Waals surface area contributed by atoms with Gasteiger partial charge in [-0.15, -0.1) is 0 Å². The Bertz CT molecular complexity index is 1620. The van der Waals surface area contributed by atoms with Crippen LogP contribution in [-0.2, 0) is 14.6 Å². The quantitative estimate of drug-likeness (QED) is 0.446. The summed E-state index contributed by atoms with van der Waals surface area (Å²) in [6, 6.07) is 5.99. The molecule has 5 rings (SSSR count). The molecule has 0 amide bonds. The normalized spacial score (nSPS) is 14.9. The van der Waals surface area contributed by atoms with Gasteiger partial charge in [-0.05, 0) is 30.3 Å². The molecule has 9 nitrogen and oxygen atoms in total. The van der Waals surface area contributed by atoms with Crippen LogP contribution in [0, 0.1) is 5.82 Å². The standard InChI is InChI=1S/C19H13ClFN3O6S/c20-12-1-2-15(17-16(12)18(25)24(27)19(26)22-17)31(28,29)10-5-13(21)11-3-4-23(14(11)6-10)9-7-30-8-9/h1-6,9,27H,7-8H2,(H,22,26). The topological polar surface area (TPSA) is 123 Å². The first-order valence-electron chi connectivity index (χ1n) is 9.00. The number of hydrogen-bond donors (Lipinski definition) is 2. The molecule has 12 heteroatoms. The third-order valence-electron chi connectivity index (χ3n) is 5.32. The SMILES string of the molecule is O=c1[nH]c2c(S(=O)(=O)c3cc(F)c4ccn(C5COC5)c4c3)ccc(Cl)c2c(=O)n1O. The number of benzene rings is 2. The first kappa shape index (κ1) is 19.8. The van der Waals surface area contributed by atoms with E-state index in [0.29, 0.717) is 18.7 Å². The van der Waals surface area contributed by atoms with E-state index < -0.39 is 31.8 Å². The van der Waals surface area contributed by atoms with Crippen molar-refractivity contribution in [3.63, 3.8) is 0 Å². The van der Waals surface area contributed by atoms with Crippen molar-refractivity contribution in [2.45, 2.75) is 15.8 Å². The van der Waals surface area contributed by atoms with Gasteiger partial charge in [0.05, 0.1) is 50.5 Å². The van der Waals surface area contributed by atoms with Gasteiger partial charge in [0.15, 0.2) is 0 Å². The van der Waals surface area contributed by atoms with Crippen LogP contribution in [0.5, 0.6) is 0 Å². The van der Waals surface area contributed by atoms with Gasteiger partial charge in [-0.2, -0.15) is 0 Å². The number of nitrogens with one attached hydrogen (secondary N) is 1. The number of H-pyrrole nitrogens is 1. The van der Waals surface area contributed by atoms with Crippen molar-refractivity contribution < 1.29 is 22.8 Å². The van der Waals surface area contributed by atoms with E-state index in [1.807, 2.05) is 0 Å². The van der Waals surface area contributed by atoms with E-state index in [0.717, 1.165) is 18.2 Å². The molecule has 0 aliphatic carbocycles. The molecule has 2 N–H and O–H groups in total. The summed E-state index contributed by atoms with van der Waals surface area (Å²) < 4.78 is 48.3. The third kappa shape index (κ3) is 2.81. The number of sulfone groups is 1. The maximum Gasteiger partial charge on any atom is 0.362 e. The van der Waals surface area contributed by atoms with Gasteiger partial charge in [-0.1, -0.05) is 16.3 Å². The number of rotatable bonds is 3. The van der Waals surface area contributed by atoms with Crippen molar-refractivity contribution in [1.82, 2.24) is 14.3 Å². The summed E-state index contributed by atoms with van der Waals surface area (Å²) in [6.45, 7) is 0.859. The Morgan fingerprint density at radius 1 is 1.19 bits per heavy atom. The van der Waals surface area contributed by atoms with Gasteiger partial charge in [-0.3, -0.25) is 4.79 Å².